The number of nitrogens with one attached hydrogen (secondary N) is 1. The second-order valence-electron chi connectivity index (χ2n) is 9.50. The smallest absolute Gasteiger partial charge is 0.152 e. The Hall–Kier alpha value is -4.37. The number of benzene rings is 2. The van der Waals surface area contributed by atoms with Crippen LogP contribution in [0.2, 0.25) is 0 Å². The molecule has 1 saturated heterocycles. The van der Waals surface area contributed by atoms with E-state index < -0.39 is 0 Å². The quantitative estimate of drug-likeness (QED) is 0.373. The first kappa shape index (κ1) is 21.9. The number of fused-ring (bicyclic) bond motifs is 2. The Morgan fingerprint density at radius 1 is 0.946 bits per heavy atom. The van der Waals surface area contributed by atoms with Crippen LogP contribution in [-0.4, -0.2) is 50.7 Å². The maximum atomic E-state index is 6.45. The zero-order valence-corrected chi connectivity index (χ0v) is 20.4. The van der Waals surface area contributed by atoms with Gasteiger partial charge in [0.15, 0.2) is 5.82 Å². The lowest BCUT2D eigenvalue weighted by Crippen LogP contribution is -2.29. The van der Waals surface area contributed by atoms with Gasteiger partial charge in [-0.1, -0.05) is 24.3 Å². The molecule has 3 N–H and O–H groups in total. The number of anilines is 4. The fourth-order valence-corrected chi connectivity index (χ4v) is 5.60. The molecule has 3 aromatic heterocycles. The van der Waals surface area contributed by atoms with E-state index in [1.165, 1.54) is 12.0 Å². The normalized spacial score (nSPS) is 16.1. The second-order valence-corrected chi connectivity index (χ2v) is 9.50. The van der Waals surface area contributed by atoms with Crippen LogP contribution in [0.3, 0.4) is 0 Å². The van der Waals surface area contributed by atoms with Crippen molar-refractivity contribution in [3.8, 4) is 22.5 Å². The third-order valence-electron chi connectivity index (χ3n) is 7.36. The maximum Gasteiger partial charge on any atom is 0.152 e. The van der Waals surface area contributed by atoms with E-state index in [-0.39, 0.29) is 0 Å². The summed E-state index contributed by atoms with van der Waals surface area (Å²) in [6.07, 6.45) is 5.25. The lowest BCUT2D eigenvalue weighted by Gasteiger charge is -2.32. The lowest BCUT2D eigenvalue weighted by molar-refractivity contribution is 0.0667. The third-order valence-corrected chi connectivity index (χ3v) is 7.36. The summed E-state index contributed by atoms with van der Waals surface area (Å²) in [6.45, 7) is 3.28. The van der Waals surface area contributed by atoms with Crippen molar-refractivity contribution >= 4 is 28.4 Å². The lowest BCUT2D eigenvalue weighted by atomic mass is 10.1. The summed E-state index contributed by atoms with van der Waals surface area (Å²) in [5, 5.41) is 12.8. The summed E-state index contributed by atoms with van der Waals surface area (Å²) in [6, 6.07) is 21.5. The molecule has 0 spiro atoms. The van der Waals surface area contributed by atoms with Gasteiger partial charge in [0.25, 0.3) is 0 Å². The van der Waals surface area contributed by atoms with E-state index in [1.54, 1.807) is 0 Å². The Bertz CT molecular complexity index is 1580. The summed E-state index contributed by atoms with van der Waals surface area (Å²) in [4.78, 5) is 6.68. The van der Waals surface area contributed by atoms with Gasteiger partial charge in [0.05, 0.1) is 28.8 Å². The van der Waals surface area contributed by atoms with Crippen LogP contribution >= 0.6 is 0 Å². The van der Waals surface area contributed by atoms with Gasteiger partial charge in [-0.25, -0.2) is 9.50 Å². The topological polar surface area (TPSA) is 98.5 Å². The number of para-hydroxylation sites is 2. The molecule has 0 aliphatic carbocycles. The molecular weight excluding hydrogens is 464 g/mol. The first-order chi connectivity index (χ1) is 18.3. The SMILES string of the molecule is Nc1ncnn2c(-c3cccc(N4CCNc5ccccc54)c3)cc(-c3ccnn3C3CCOCC3)c12. The minimum absolute atomic E-state index is 0.291. The first-order valence-electron chi connectivity index (χ1n) is 12.7. The molecule has 186 valence electrons. The summed E-state index contributed by atoms with van der Waals surface area (Å²) in [7, 11) is 0. The molecule has 9 heteroatoms. The fourth-order valence-electron chi connectivity index (χ4n) is 5.60. The molecular formula is C28H28N8O. The number of nitrogen functional groups attached to an aromatic ring is 1. The van der Waals surface area contributed by atoms with Crippen molar-refractivity contribution in [1.29, 1.82) is 0 Å². The van der Waals surface area contributed by atoms with E-state index in [0.29, 0.717) is 11.9 Å². The van der Waals surface area contributed by atoms with Crippen molar-refractivity contribution in [2.75, 3.05) is 42.3 Å². The molecule has 7 rings (SSSR count). The van der Waals surface area contributed by atoms with Crippen LogP contribution in [0.1, 0.15) is 18.9 Å². The highest BCUT2D eigenvalue weighted by molar-refractivity contribution is 5.91. The van der Waals surface area contributed by atoms with Crippen molar-refractivity contribution in [3.63, 3.8) is 0 Å². The molecule has 5 heterocycles. The van der Waals surface area contributed by atoms with Gasteiger partial charge in [-0.2, -0.15) is 10.2 Å². The molecule has 0 radical (unpaired) electrons. The second kappa shape index (κ2) is 8.94. The average Bonchev–Trinajstić information content (AvgIpc) is 3.59. The Morgan fingerprint density at radius 2 is 1.84 bits per heavy atom. The number of aromatic nitrogens is 5. The zero-order chi connectivity index (χ0) is 24.8. The van der Waals surface area contributed by atoms with Gasteiger partial charge in [0.1, 0.15) is 11.8 Å². The van der Waals surface area contributed by atoms with Crippen molar-refractivity contribution < 1.29 is 4.74 Å². The van der Waals surface area contributed by atoms with E-state index >= 15 is 0 Å². The highest BCUT2D eigenvalue weighted by Gasteiger charge is 2.24. The van der Waals surface area contributed by atoms with E-state index in [2.05, 4.69) is 90.7 Å². The van der Waals surface area contributed by atoms with Gasteiger partial charge in [0.2, 0.25) is 0 Å². The maximum absolute atomic E-state index is 6.45. The Balaban J connectivity index is 1.35. The molecule has 2 aromatic carbocycles. The van der Waals surface area contributed by atoms with Crippen LogP contribution in [0.25, 0.3) is 28.0 Å². The van der Waals surface area contributed by atoms with Crippen molar-refractivity contribution in [1.82, 2.24) is 24.4 Å². The zero-order valence-electron chi connectivity index (χ0n) is 20.4. The molecule has 0 amide bonds. The number of rotatable bonds is 4. The molecule has 2 aliphatic rings. The molecule has 0 saturated carbocycles. The number of ether oxygens (including phenoxy) is 1. The average molecular weight is 493 g/mol. The Kier molecular flexibility index (Phi) is 5.28. The van der Waals surface area contributed by atoms with Gasteiger partial charge in [-0.15, -0.1) is 0 Å². The van der Waals surface area contributed by atoms with E-state index in [9.17, 15) is 0 Å². The predicted molar refractivity (Wildman–Crippen MR) is 145 cm³/mol. The predicted octanol–water partition coefficient (Wildman–Crippen LogP) is 4.76. The largest absolute Gasteiger partial charge is 0.382 e. The highest BCUT2D eigenvalue weighted by Crippen LogP contribution is 2.39. The fraction of sp³-hybridized carbons (Fsp3) is 0.250. The van der Waals surface area contributed by atoms with Crippen LogP contribution in [0, 0.1) is 0 Å². The summed E-state index contributed by atoms with van der Waals surface area (Å²) in [5.41, 5.74) is 14.7. The molecule has 37 heavy (non-hydrogen) atoms. The first-order valence-corrected chi connectivity index (χ1v) is 12.7. The van der Waals surface area contributed by atoms with E-state index in [0.717, 1.165) is 78.6 Å². The Morgan fingerprint density at radius 3 is 2.76 bits per heavy atom. The Labute approximate surface area is 214 Å². The number of hydrogen-bond acceptors (Lipinski definition) is 7. The summed E-state index contributed by atoms with van der Waals surface area (Å²) in [5.74, 6) is 0.447. The van der Waals surface area contributed by atoms with Crippen LogP contribution < -0.4 is 16.0 Å². The molecule has 9 nitrogen and oxygen atoms in total. The van der Waals surface area contributed by atoms with Crippen molar-refractivity contribution in [2.45, 2.75) is 18.9 Å². The van der Waals surface area contributed by atoms with Gasteiger partial charge in [0, 0.05) is 49.3 Å². The monoisotopic (exact) mass is 492 g/mol. The number of hydrogen-bond donors (Lipinski definition) is 2. The van der Waals surface area contributed by atoms with Gasteiger partial charge < -0.3 is 20.7 Å². The standard InChI is InChI=1S/C28H28N8O/c29-28-27-22(24-8-11-32-35(24)20-9-14-37-15-10-20)17-26(36(27)33-18-31-28)19-4-3-5-21(16-19)34-13-12-30-23-6-1-2-7-25(23)34/h1-8,11,16-18,20,30H,9-10,12-15H2,(H2,29,31,33). The highest BCUT2D eigenvalue weighted by atomic mass is 16.5. The minimum atomic E-state index is 0.291. The van der Waals surface area contributed by atoms with Gasteiger partial charge in [-0.05, 0) is 49.2 Å². The summed E-state index contributed by atoms with van der Waals surface area (Å²) < 4.78 is 9.60. The van der Waals surface area contributed by atoms with E-state index in [4.69, 9.17) is 10.5 Å². The van der Waals surface area contributed by atoms with Gasteiger partial charge >= 0.3 is 0 Å². The molecule has 0 bridgehead atoms. The molecule has 0 unspecified atom stereocenters. The molecule has 2 aliphatic heterocycles. The van der Waals surface area contributed by atoms with Crippen molar-refractivity contribution in [3.05, 3.63) is 73.2 Å². The van der Waals surface area contributed by atoms with Crippen LogP contribution in [0.5, 0.6) is 0 Å². The molecule has 0 atom stereocenters. The van der Waals surface area contributed by atoms with Crippen LogP contribution in [0.4, 0.5) is 22.9 Å². The summed E-state index contributed by atoms with van der Waals surface area (Å²) >= 11 is 0. The number of nitrogens with two attached hydrogens (primary N) is 1. The van der Waals surface area contributed by atoms with Crippen LogP contribution in [-0.2, 0) is 4.74 Å². The van der Waals surface area contributed by atoms with Gasteiger partial charge in [-0.3, -0.25) is 4.68 Å². The third kappa shape index (κ3) is 3.70. The minimum Gasteiger partial charge on any atom is -0.382 e. The van der Waals surface area contributed by atoms with Crippen LogP contribution in [0.15, 0.2) is 73.2 Å². The van der Waals surface area contributed by atoms with Crippen molar-refractivity contribution in [2.24, 2.45) is 0 Å². The molecule has 1 fully saturated rings. The number of nitrogens with zero attached hydrogens (tertiary/aromatic N) is 6. The van der Waals surface area contributed by atoms with E-state index in [1.807, 2.05) is 10.7 Å². The molecule has 5 aromatic rings.